The molecule has 2 aliphatic heterocycles. The quantitative estimate of drug-likeness (QED) is 0.769. The first-order chi connectivity index (χ1) is 14.1. The molecule has 154 valence electrons. The largest absolute Gasteiger partial charge is 0.490 e. The number of amides is 1. The molecule has 2 aromatic carbocycles. The summed E-state index contributed by atoms with van der Waals surface area (Å²) in [6.45, 7) is 3.09. The van der Waals surface area contributed by atoms with Crippen LogP contribution in [0.2, 0.25) is 0 Å². The lowest BCUT2D eigenvalue weighted by Gasteiger charge is -2.27. The van der Waals surface area contributed by atoms with Crippen LogP contribution in [-0.4, -0.2) is 49.1 Å². The van der Waals surface area contributed by atoms with Crippen molar-refractivity contribution in [1.29, 1.82) is 0 Å². The first-order valence-electron chi connectivity index (χ1n) is 10.2. The number of fused-ring (bicyclic) bond motifs is 1. The highest BCUT2D eigenvalue weighted by molar-refractivity contribution is 5.78. The highest BCUT2D eigenvalue weighted by atomic mass is 19.1. The maximum Gasteiger partial charge on any atom is 0.236 e. The number of nitrogens with zero attached hydrogens (tertiary/aromatic N) is 2. The molecule has 0 aromatic heterocycles. The number of likely N-dealkylation sites (tertiary alicyclic amines) is 1. The van der Waals surface area contributed by atoms with Crippen molar-refractivity contribution in [3.05, 3.63) is 59.4 Å². The van der Waals surface area contributed by atoms with E-state index in [9.17, 15) is 9.18 Å². The van der Waals surface area contributed by atoms with Gasteiger partial charge in [0.25, 0.3) is 0 Å². The molecular weight excluding hydrogens is 371 g/mol. The third-order valence-corrected chi connectivity index (χ3v) is 5.62. The summed E-state index contributed by atoms with van der Waals surface area (Å²) in [6.07, 6.45) is 2.97. The van der Waals surface area contributed by atoms with Crippen LogP contribution in [0.4, 0.5) is 4.39 Å². The van der Waals surface area contributed by atoms with Gasteiger partial charge in [-0.15, -0.1) is 0 Å². The molecule has 0 radical (unpaired) electrons. The zero-order valence-electron chi connectivity index (χ0n) is 16.8. The van der Waals surface area contributed by atoms with Crippen molar-refractivity contribution in [2.75, 3.05) is 33.4 Å². The minimum atomic E-state index is -0.266. The Bertz CT molecular complexity index is 856. The number of benzene rings is 2. The molecule has 5 nitrogen and oxygen atoms in total. The molecule has 1 atom stereocenters. The lowest BCUT2D eigenvalue weighted by molar-refractivity contribution is -0.131. The van der Waals surface area contributed by atoms with Gasteiger partial charge in [0.05, 0.1) is 19.8 Å². The van der Waals surface area contributed by atoms with Crippen LogP contribution >= 0.6 is 0 Å². The summed E-state index contributed by atoms with van der Waals surface area (Å²) in [6, 6.07) is 12.6. The molecule has 0 N–H and O–H groups in total. The van der Waals surface area contributed by atoms with E-state index in [2.05, 4.69) is 17.0 Å². The Balaban J connectivity index is 1.41. The van der Waals surface area contributed by atoms with Crippen molar-refractivity contribution in [2.45, 2.75) is 31.8 Å². The van der Waals surface area contributed by atoms with E-state index >= 15 is 0 Å². The van der Waals surface area contributed by atoms with Gasteiger partial charge in [-0.25, -0.2) is 4.39 Å². The van der Waals surface area contributed by atoms with E-state index in [4.69, 9.17) is 9.47 Å². The average Bonchev–Trinajstić information content (AvgIpc) is 3.05. The monoisotopic (exact) mass is 398 g/mol. The summed E-state index contributed by atoms with van der Waals surface area (Å²) in [5.74, 6) is 1.39. The Labute approximate surface area is 171 Å². The summed E-state index contributed by atoms with van der Waals surface area (Å²) >= 11 is 0. The summed E-state index contributed by atoms with van der Waals surface area (Å²) in [4.78, 5) is 16.7. The van der Waals surface area contributed by atoms with Crippen LogP contribution in [0.5, 0.6) is 11.5 Å². The van der Waals surface area contributed by atoms with E-state index in [-0.39, 0.29) is 17.8 Å². The van der Waals surface area contributed by atoms with Crippen molar-refractivity contribution in [3.8, 4) is 11.5 Å². The maximum atomic E-state index is 13.1. The number of hydrogen-bond acceptors (Lipinski definition) is 4. The molecule has 4 rings (SSSR count). The van der Waals surface area contributed by atoms with Gasteiger partial charge in [0.15, 0.2) is 11.5 Å². The molecule has 1 saturated heterocycles. The van der Waals surface area contributed by atoms with E-state index < -0.39 is 0 Å². The number of rotatable bonds is 5. The number of carbonyl (C=O) groups is 1. The highest BCUT2D eigenvalue weighted by Gasteiger charge is 2.29. The minimum Gasteiger partial charge on any atom is -0.490 e. The van der Waals surface area contributed by atoms with E-state index in [1.165, 1.54) is 17.7 Å². The SMILES string of the molecule is CN(Cc1ccc(F)cc1)C(=O)CN1CCC[C@H]1c1ccc2c(c1)OCCCO2. The molecule has 2 heterocycles. The second-order valence-corrected chi connectivity index (χ2v) is 7.76. The van der Waals surface area contributed by atoms with Gasteiger partial charge in [-0.3, -0.25) is 9.69 Å². The molecule has 2 aliphatic rings. The fourth-order valence-corrected chi connectivity index (χ4v) is 4.03. The number of likely N-dealkylation sites (N-methyl/N-ethyl adjacent to an activating group) is 1. The smallest absolute Gasteiger partial charge is 0.236 e. The topological polar surface area (TPSA) is 42.0 Å². The van der Waals surface area contributed by atoms with Crippen LogP contribution in [0.25, 0.3) is 0 Å². The van der Waals surface area contributed by atoms with Gasteiger partial charge in [0, 0.05) is 26.1 Å². The van der Waals surface area contributed by atoms with Crippen LogP contribution in [0.3, 0.4) is 0 Å². The molecule has 0 aliphatic carbocycles. The number of ether oxygens (including phenoxy) is 2. The van der Waals surface area contributed by atoms with E-state index in [1.807, 2.05) is 6.07 Å². The van der Waals surface area contributed by atoms with Crippen LogP contribution in [0.1, 0.15) is 36.4 Å². The lowest BCUT2D eigenvalue weighted by Crippen LogP contribution is -2.37. The summed E-state index contributed by atoms with van der Waals surface area (Å²) < 4.78 is 24.6. The minimum absolute atomic E-state index is 0.0653. The van der Waals surface area contributed by atoms with E-state index in [0.717, 1.165) is 42.9 Å². The first-order valence-corrected chi connectivity index (χ1v) is 10.2. The van der Waals surface area contributed by atoms with Crippen LogP contribution in [0, 0.1) is 5.82 Å². The molecule has 6 heteroatoms. The van der Waals surface area contributed by atoms with E-state index in [0.29, 0.717) is 26.3 Å². The van der Waals surface area contributed by atoms with Crippen LogP contribution in [-0.2, 0) is 11.3 Å². The zero-order valence-corrected chi connectivity index (χ0v) is 16.8. The number of hydrogen-bond donors (Lipinski definition) is 0. The Hall–Kier alpha value is -2.60. The van der Waals surface area contributed by atoms with Gasteiger partial charge in [-0.05, 0) is 54.8 Å². The maximum absolute atomic E-state index is 13.1. The Morgan fingerprint density at radius 2 is 1.86 bits per heavy atom. The predicted octanol–water partition coefficient (Wildman–Crippen LogP) is 3.78. The molecule has 2 aromatic rings. The average molecular weight is 398 g/mol. The van der Waals surface area contributed by atoms with Crippen molar-refractivity contribution in [3.63, 3.8) is 0 Å². The molecule has 0 bridgehead atoms. The second kappa shape index (κ2) is 8.82. The lowest BCUT2D eigenvalue weighted by atomic mass is 10.0. The predicted molar refractivity (Wildman–Crippen MR) is 108 cm³/mol. The highest BCUT2D eigenvalue weighted by Crippen LogP contribution is 2.37. The molecular formula is C23H27FN2O3. The molecule has 1 fully saturated rings. The fourth-order valence-electron chi connectivity index (χ4n) is 4.03. The van der Waals surface area contributed by atoms with Gasteiger partial charge in [0.2, 0.25) is 5.91 Å². The summed E-state index contributed by atoms with van der Waals surface area (Å²) in [5.41, 5.74) is 2.09. The Morgan fingerprint density at radius 1 is 1.10 bits per heavy atom. The summed E-state index contributed by atoms with van der Waals surface area (Å²) in [5, 5.41) is 0. The molecule has 0 spiro atoms. The van der Waals surface area contributed by atoms with Gasteiger partial charge in [-0.1, -0.05) is 18.2 Å². The van der Waals surface area contributed by atoms with Crippen LogP contribution < -0.4 is 9.47 Å². The Kier molecular flexibility index (Phi) is 6.00. The van der Waals surface area contributed by atoms with E-state index in [1.54, 1.807) is 24.1 Å². The Morgan fingerprint density at radius 3 is 2.66 bits per heavy atom. The van der Waals surface area contributed by atoms with Gasteiger partial charge < -0.3 is 14.4 Å². The normalized spacial score (nSPS) is 19.0. The van der Waals surface area contributed by atoms with Gasteiger partial charge >= 0.3 is 0 Å². The third kappa shape index (κ3) is 4.70. The van der Waals surface area contributed by atoms with Crippen molar-refractivity contribution < 1.29 is 18.7 Å². The number of carbonyl (C=O) groups excluding carboxylic acids is 1. The molecule has 0 saturated carbocycles. The second-order valence-electron chi connectivity index (χ2n) is 7.76. The van der Waals surface area contributed by atoms with Crippen LogP contribution in [0.15, 0.2) is 42.5 Å². The van der Waals surface area contributed by atoms with Crippen molar-refractivity contribution in [1.82, 2.24) is 9.80 Å². The standard InChI is InChI=1S/C23H27FN2O3/c1-25(15-17-5-8-19(24)9-6-17)23(27)16-26-11-2-4-20(26)18-7-10-21-22(14-18)29-13-3-12-28-21/h5-10,14,20H,2-4,11-13,15-16H2,1H3/t20-/m0/s1. The molecule has 0 unspecified atom stereocenters. The fraction of sp³-hybridized carbons (Fsp3) is 0.435. The third-order valence-electron chi connectivity index (χ3n) is 5.62. The van der Waals surface area contributed by atoms with Gasteiger partial charge in [-0.2, -0.15) is 0 Å². The zero-order chi connectivity index (χ0) is 20.2. The molecule has 1 amide bonds. The van der Waals surface area contributed by atoms with Crippen molar-refractivity contribution in [2.24, 2.45) is 0 Å². The van der Waals surface area contributed by atoms with Gasteiger partial charge in [0.1, 0.15) is 5.82 Å². The van der Waals surface area contributed by atoms with Crippen molar-refractivity contribution >= 4 is 5.91 Å². The number of halogens is 1. The first kappa shape index (κ1) is 19.7. The summed E-state index contributed by atoms with van der Waals surface area (Å²) in [7, 11) is 1.80. The molecule has 29 heavy (non-hydrogen) atoms.